The van der Waals surface area contributed by atoms with Crippen LogP contribution in [-0.4, -0.2) is 56.3 Å². The fourth-order valence-electron chi connectivity index (χ4n) is 4.48. The molecule has 2 atom stereocenters. The standard InChI is InChI=1S/C21H23N5O/c27-21(16-4-3-9-22-10-16)26-12-15-7-8-17(13-26)25(11-15)14-20-23-18-5-1-2-6-19(18)24-20/h1-6,9-10,15,17H,7-8,11-14H2,(H,23,24)/t15-,17-/m0/s1. The third kappa shape index (κ3) is 3.21. The summed E-state index contributed by atoms with van der Waals surface area (Å²) in [7, 11) is 0. The molecule has 6 rings (SSSR count). The second kappa shape index (κ2) is 6.78. The molecule has 3 saturated heterocycles. The summed E-state index contributed by atoms with van der Waals surface area (Å²) < 4.78 is 0. The highest BCUT2D eigenvalue weighted by Crippen LogP contribution is 2.30. The molecule has 0 radical (unpaired) electrons. The van der Waals surface area contributed by atoms with E-state index in [1.54, 1.807) is 12.4 Å². The second-order valence-electron chi connectivity index (χ2n) is 7.68. The lowest BCUT2D eigenvalue weighted by atomic mass is 9.95. The third-order valence-electron chi connectivity index (χ3n) is 5.81. The third-order valence-corrected chi connectivity index (χ3v) is 5.81. The average molecular weight is 361 g/mol. The van der Waals surface area contributed by atoms with Crippen LogP contribution in [0, 0.1) is 5.92 Å². The van der Waals surface area contributed by atoms with Gasteiger partial charge in [-0.3, -0.25) is 14.7 Å². The molecular formula is C21H23N5O. The van der Waals surface area contributed by atoms with Crippen LogP contribution in [0.2, 0.25) is 0 Å². The number of aromatic amines is 1. The quantitative estimate of drug-likeness (QED) is 0.779. The Morgan fingerprint density at radius 3 is 2.89 bits per heavy atom. The molecule has 0 spiro atoms. The molecule has 27 heavy (non-hydrogen) atoms. The molecule has 0 unspecified atom stereocenters. The van der Waals surface area contributed by atoms with E-state index in [4.69, 9.17) is 4.98 Å². The fraction of sp³-hybridized carbons (Fsp3) is 0.381. The lowest BCUT2D eigenvalue weighted by Gasteiger charge is -2.35. The van der Waals surface area contributed by atoms with Gasteiger partial charge in [-0.15, -0.1) is 0 Å². The number of fused-ring (bicyclic) bond motifs is 5. The zero-order valence-corrected chi connectivity index (χ0v) is 15.2. The predicted molar refractivity (Wildman–Crippen MR) is 103 cm³/mol. The number of rotatable bonds is 3. The van der Waals surface area contributed by atoms with Crippen LogP contribution in [0.3, 0.4) is 0 Å². The van der Waals surface area contributed by atoms with Crippen LogP contribution in [0.1, 0.15) is 29.0 Å². The number of hydrogen-bond acceptors (Lipinski definition) is 4. The van der Waals surface area contributed by atoms with E-state index in [-0.39, 0.29) is 5.91 Å². The van der Waals surface area contributed by atoms with Gasteiger partial charge in [-0.05, 0) is 43.0 Å². The number of pyridine rings is 1. The van der Waals surface area contributed by atoms with Crippen LogP contribution >= 0.6 is 0 Å². The molecule has 3 aliphatic rings. The first-order valence-corrected chi connectivity index (χ1v) is 9.63. The molecule has 2 bridgehead atoms. The molecule has 5 heterocycles. The molecule has 2 aromatic heterocycles. The van der Waals surface area contributed by atoms with Crippen LogP contribution in [0.25, 0.3) is 11.0 Å². The van der Waals surface area contributed by atoms with Crippen molar-refractivity contribution in [2.75, 3.05) is 19.6 Å². The predicted octanol–water partition coefficient (Wildman–Crippen LogP) is 2.69. The first-order chi connectivity index (χ1) is 13.3. The van der Waals surface area contributed by atoms with Crippen molar-refractivity contribution in [3.63, 3.8) is 0 Å². The minimum Gasteiger partial charge on any atom is -0.341 e. The largest absolute Gasteiger partial charge is 0.341 e. The first kappa shape index (κ1) is 16.4. The summed E-state index contributed by atoms with van der Waals surface area (Å²) in [4.78, 5) is 29.7. The monoisotopic (exact) mass is 361 g/mol. The van der Waals surface area contributed by atoms with Crippen molar-refractivity contribution in [1.82, 2.24) is 24.8 Å². The summed E-state index contributed by atoms with van der Waals surface area (Å²) in [6, 6.07) is 12.2. The van der Waals surface area contributed by atoms with Crippen molar-refractivity contribution in [1.29, 1.82) is 0 Å². The number of piperidine rings is 1. The van der Waals surface area contributed by atoms with E-state index in [9.17, 15) is 4.79 Å². The maximum atomic E-state index is 12.9. The number of nitrogens with one attached hydrogen (secondary N) is 1. The van der Waals surface area contributed by atoms with Gasteiger partial charge in [0, 0.05) is 38.1 Å². The Labute approximate surface area is 158 Å². The van der Waals surface area contributed by atoms with Gasteiger partial charge in [0.25, 0.3) is 5.91 Å². The Kier molecular flexibility index (Phi) is 4.13. The van der Waals surface area contributed by atoms with Crippen molar-refractivity contribution in [2.45, 2.75) is 25.4 Å². The van der Waals surface area contributed by atoms with Crippen molar-refractivity contribution >= 4 is 16.9 Å². The Balaban J connectivity index is 1.34. The molecule has 3 aliphatic heterocycles. The number of imidazole rings is 1. The smallest absolute Gasteiger partial charge is 0.255 e. The topological polar surface area (TPSA) is 65.1 Å². The van der Waals surface area contributed by atoms with Crippen LogP contribution in [-0.2, 0) is 6.54 Å². The summed E-state index contributed by atoms with van der Waals surface area (Å²) in [5, 5.41) is 0. The number of benzene rings is 1. The van der Waals surface area contributed by atoms with Gasteiger partial charge >= 0.3 is 0 Å². The number of hydrogen-bond donors (Lipinski definition) is 1. The van der Waals surface area contributed by atoms with E-state index in [0.717, 1.165) is 49.5 Å². The number of nitrogens with zero attached hydrogens (tertiary/aromatic N) is 4. The Hall–Kier alpha value is -2.73. The van der Waals surface area contributed by atoms with E-state index < -0.39 is 0 Å². The number of H-pyrrole nitrogens is 1. The number of carbonyl (C=O) groups is 1. The van der Waals surface area contributed by atoms with E-state index in [2.05, 4.69) is 20.9 Å². The highest BCUT2D eigenvalue weighted by molar-refractivity contribution is 5.94. The Bertz CT molecular complexity index is 920. The molecule has 0 saturated carbocycles. The zero-order valence-electron chi connectivity index (χ0n) is 15.2. The van der Waals surface area contributed by atoms with Crippen LogP contribution in [0.5, 0.6) is 0 Å². The van der Waals surface area contributed by atoms with Crippen molar-refractivity contribution in [3.05, 3.63) is 60.2 Å². The summed E-state index contributed by atoms with van der Waals surface area (Å²) in [6.45, 7) is 3.45. The summed E-state index contributed by atoms with van der Waals surface area (Å²) in [6.07, 6.45) is 5.71. The highest BCUT2D eigenvalue weighted by atomic mass is 16.2. The Morgan fingerprint density at radius 2 is 2.04 bits per heavy atom. The first-order valence-electron chi connectivity index (χ1n) is 9.63. The molecule has 0 aliphatic carbocycles. The van der Waals surface area contributed by atoms with Crippen LogP contribution in [0.15, 0.2) is 48.8 Å². The summed E-state index contributed by atoms with van der Waals surface area (Å²) in [5.41, 5.74) is 2.78. The normalized spacial score (nSPS) is 22.9. The molecule has 6 heteroatoms. The molecule has 3 aromatic rings. The van der Waals surface area contributed by atoms with Crippen molar-refractivity contribution in [2.24, 2.45) is 5.92 Å². The maximum absolute atomic E-state index is 12.9. The van der Waals surface area contributed by atoms with Gasteiger partial charge in [-0.25, -0.2) is 4.98 Å². The minimum absolute atomic E-state index is 0.102. The molecular weight excluding hydrogens is 338 g/mol. The van der Waals surface area contributed by atoms with Crippen LogP contribution < -0.4 is 0 Å². The minimum atomic E-state index is 0.102. The van der Waals surface area contributed by atoms with Gasteiger partial charge in [0.15, 0.2) is 0 Å². The number of carbonyl (C=O) groups excluding carboxylic acids is 1. The highest BCUT2D eigenvalue weighted by Gasteiger charge is 2.36. The van der Waals surface area contributed by atoms with Gasteiger partial charge in [-0.2, -0.15) is 0 Å². The Morgan fingerprint density at radius 1 is 1.11 bits per heavy atom. The zero-order chi connectivity index (χ0) is 18.2. The van der Waals surface area contributed by atoms with Gasteiger partial charge < -0.3 is 9.88 Å². The number of para-hydroxylation sites is 2. The van der Waals surface area contributed by atoms with Gasteiger partial charge in [0.1, 0.15) is 5.82 Å². The molecule has 1 N–H and O–H groups in total. The number of amides is 1. The van der Waals surface area contributed by atoms with E-state index in [0.29, 0.717) is 17.5 Å². The molecule has 3 fully saturated rings. The lowest BCUT2D eigenvalue weighted by Crippen LogP contribution is -2.44. The summed E-state index contributed by atoms with van der Waals surface area (Å²) in [5.74, 6) is 1.63. The van der Waals surface area contributed by atoms with Crippen LogP contribution in [0.4, 0.5) is 0 Å². The molecule has 6 nitrogen and oxygen atoms in total. The SMILES string of the molecule is O=C(c1cccnc1)N1C[C@H]2CC[C@@H](C1)N(Cc1nc3ccccc3[nH]1)C2. The summed E-state index contributed by atoms with van der Waals surface area (Å²) >= 11 is 0. The second-order valence-corrected chi connectivity index (χ2v) is 7.68. The number of aromatic nitrogens is 3. The lowest BCUT2D eigenvalue weighted by molar-refractivity contribution is 0.0735. The molecule has 1 aromatic carbocycles. The average Bonchev–Trinajstić information content (AvgIpc) is 2.89. The van der Waals surface area contributed by atoms with Crippen molar-refractivity contribution < 1.29 is 4.79 Å². The van der Waals surface area contributed by atoms with E-state index in [1.165, 1.54) is 6.42 Å². The van der Waals surface area contributed by atoms with Crippen molar-refractivity contribution in [3.8, 4) is 0 Å². The molecule has 1 amide bonds. The fourth-order valence-corrected chi connectivity index (χ4v) is 4.48. The van der Waals surface area contributed by atoms with E-state index >= 15 is 0 Å². The van der Waals surface area contributed by atoms with Gasteiger partial charge in [-0.1, -0.05) is 12.1 Å². The van der Waals surface area contributed by atoms with Gasteiger partial charge in [0.05, 0.1) is 23.1 Å². The maximum Gasteiger partial charge on any atom is 0.255 e. The van der Waals surface area contributed by atoms with E-state index in [1.807, 2.05) is 35.2 Å². The van der Waals surface area contributed by atoms with Gasteiger partial charge in [0.2, 0.25) is 0 Å². The molecule has 138 valence electrons.